The van der Waals surface area contributed by atoms with Crippen molar-refractivity contribution in [2.75, 3.05) is 51.8 Å². The van der Waals surface area contributed by atoms with E-state index in [1.54, 1.807) is 38.6 Å². The quantitative estimate of drug-likeness (QED) is 0.391. The van der Waals surface area contributed by atoms with Crippen molar-refractivity contribution >= 4 is 40.3 Å². The van der Waals surface area contributed by atoms with E-state index < -0.39 is 0 Å². The summed E-state index contributed by atoms with van der Waals surface area (Å²) in [6.45, 7) is 4.22. The lowest BCUT2D eigenvalue weighted by molar-refractivity contribution is -0.121. The molecule has 3 aromatic rings. The van der Waals surface area contributed by atoms with Gasteiger partial charge >= 0.3 is 0 Å². The third-order valence-electron chi connectivity index (χ3n) is 5.88. The molecule has 0 unspecified atom stereocenters. The van der Waals surface area contributed by atoms with Crippen LogP contribution >= 0.6 is 11.6 Å². The maximum absolute atomic E-state index is 12.3. The number of hydrogen-bond acceptors (Lipinski definition) is 7. The lowest BCUT2D eigenvalue weighted by Gasteiger charge is -2.36. The molecule has 34 heavy (non-hydrogen) atoms. The molecule has 2 heterocycles. The highest BCUT2D eigenvalue weighted by Gasteiger charge is 2.19. The fourth-order valence-electron chi connectivity index (χ4n) is 4.02. The van der Waals surface area contributed by atoms with Crippen molar-refractivity contribution in [3.05, 3.63) is 59.2 Å². The molecule has 2 aromatic carbocycles. The number of fused-ring (bicyclic) bond motifs is 1. The number of methoxy groups -OCH3 is 2. The Balaban J connectivity index is 1.25. The number of aromatic nitrogens is 1. The zero-order chi connectivity index (χ0) is 23.9. The number of carbonyl (C=O) groups excluding carboxylic acids is 1. The molecule has 1 aliphatic heterocycles. The largest absolute Gasteiger partial charge is 0.497 e. The molecule has 1 N–H and O–H groups in total. The Morgan fingerprint density at radius 1 is 1.12 bits per heavy atom. The van der Waals surface area contributed by atoms with Crippen molar-refractivity contribution in [2.24, 2.45) is 5.10 Å². The molecule has 0 radical (unpaired) electrons. The Hall–Kier alpha value is -3.36. The van der Waals surface area contributed by atoms with Crippen LogP contribution in [-0.4, -0.2) is 68.9 Å². The van der Waals surface area contributed by atoms with Gasteiger partial charge in [0.15, 0.2) is 0 Å². The van der Waals surface area contributed by atoms with E-state index in [9.17, 15) is 4.79 Å². The van der Waals surface area contributed by atoms with Gasteiger partial charge in [-0.2, -0.15) is 5.10 Å². The summed E-state index contributed by atoms with van der Waals surface area (Å²) in [5.74, 6) is 1.22. The maximum Gasteiger partial charge on any atom is 0.241 e. The average Bonchev–Trinajstić information content (AvgIpc) is 2.87. The minimum absolute atomic E-state index is 0.127. The predicted molar refractivity (Wildman–Crippen MR) is 135 cm³/mol. The van der Waals surface area contributed by atoms with Gasteiger partial charge < -0.3 is 14.4 Å². The van der Waals surface area contributed by atoms with E-state index in [1.165, 1.54) is 5.69 Å². The summed E-state index contributed by atoms with van der Waals surface area (Å²) >= 11 is 6.11. The molecule has 178 valence electrons. The summed E-state index contributed by atoms with van der Waals surface area (Å²) in [6, 6.07) is 13.3. The fourth-order valence-corrected chi connectivity index (χ4v) is 4.19. The van der Waals surface area contributed by atoms with E-state index in [4.69, 9.17) is 21.1 Å². The SMILES string of the molecule is COc1ccc(OC)c(/C=N/NC(=O)CCN2CCN(c3ccnc4cc(Cl)ccc34)CC2)c1. The van der Waals surface area contributed by atoms with Crippen molar-refractivity contribution in [3.8, 4) is 11.5 Å². The van der Waals surface area contributed by atoms with E-state index in [-0.39, 0.29) is 5.91 Å². The molecule has 9 heteroatoms. The third-order valence-corrected chi connectivity index (χ3v) is 6.11. The molecule has 1 fully saturated rings. The first-order chi connectivity index (χ1) is 16.6. The molecule has 1 amide bonds. The smallest absolute Gasteiger partial charge is 0.241 e. The number of amides is 1. The van der Waals surface area contributed by atoms with E-state index in [0.29, 0.717) is 29.5 Å². The van der Waals surface area contributed by atoms with Gasteiger partial charge in [0.05, 0.1) is 26.0 Å². The number of nitrogens with zero attached hydrogens (tertiary/aromatic N) is 4. The monoisotopic (exact) mass is 481 g/mol. The van der Waals surface area contributed by atoms with Crippen molar-refractivity contribution in [1.29, 1.82) is 0 Å². The van der Waals surface area contributed by atoms with Crippen molar-refractivity contribution in [2.45, 2.75) is 6.42 Å². The topological polar surface area (TPSA) is 79.3 Å². The number of hydrogen-bond donors (Lipinski definition) is 1. The first-order valence-corrected chi connectivity index (χ1v) is 11.5. The molecule has 4 rings (SSSR count). The molecule has 1 saturated heterocycles. The molecule has 0 atom stereocenters. The Kier molecular flexibility index (Phi) is 7.82. The van der Waals surface area contributed by atoms with Gasteiger partial charge in [0.2, 0.25) is 5.91 Å². The first kappa shape index (κ1) is 23.8. The Morgan fingerprint density at radius 2 is 1.94 bits per heavy atom. The fraction of sp³-hybridized carbons (Fsp3) is 0.320. The molecular weight excluding hydrogens is 454 g/mol. The van der Waals surface area contributed by atoms with E-state index in [1.807, 2.05) is 24.4 Å². The number of carbonyl (C=O) groups is 1. The highest BCUT2D eigenvalue weighted by Crippen LogP contribution is 2.28. The van der Waals surface area contributed by atoms with Crippen molar-refractivity contribution < 1.29 is 14.3 Å². The number of rotatable bonds is 8. The molecule has 0 spiro atoms. The average molecular weight is 482 g/mol. The van der Waals surface area contributed by atoms with E-state index in [2.05, 4.69) is 31.4 Å². The van der Waals surface area contributed by atoms with Crippen LogP contribution in [0.15, 0.2) is 53.8 Å². The number of halogens is 1. The molecule has 0 bridgehead atoms. The van der Waals surface area contributed by atoms with Gasteiger partial charge in [-0.3, -0.25) is 14.7 Å². The number of hydrazone groups is 1. The van der Waals surface area contributed by atoms with Crippen LogP contribution in [0.25, 0.3) is 10.9 Å². The summed E-state index contributed by atoms with van der Waals surface area (Å²) in [5.41, 5.74) is 5.39. The number of pyridine rings is 1. The number of anilines is 1. The van der Waals surface area contributed by atoms with Crippen LogP contribution in [0.5, 0.6) is 11.5 Å². The summed E-state index contributed by atoms with van der Waals surface area (Å²) in [7, 11) is 3.18. The molecule has 1 aromatic heterocycles. The standard InChI is InChI=1S/C25H28ClN5O3/c1-33-20-4-6-24(34-2)18(15-20)17-28-29-25(32)8-10-30-11-13-31(14-12-30)23-7-9-27-22-16-19(26)3-5-21(22)23/h3-7,9,15-17H,8,10-14H2,1-2H3,(H,29,32)/b28-17+. The molecule has 0 aliphatic carbocycles. The molecule has 0 saturated carbocycles. The number of piperazine rings is 1. The zero-order valence-corrected chi connectivity index (χ0v) is 20.1. The van der Waals surface area contributed by atoms with Gasteiger partial charge in [0.1, 0.15) is 11.5 Å². The van der Waals surface area contributed by atoms with E-state index in [0.717, 1.165) is 42.6 Å². The van der Waals surface area contributed by atoms with Gasteiger partial charge in [-0.15, -0.1) is 0 Å². The number of ether oxygens (including phenoxy) is 2. The first-order valence-electron chi connectivity index (χ1n) is 11.1. The third kappa shape index (κ3) is 5.76. The minimum Gasteiger partial charge on any atom is -0.497 e. The zero-order valence-electron chi connectivity index (χ0n) is 19.3. The lowest BCUT2D eigenvalue weighted by atomic mass is 10.1. The molecular formula is C25H28ClN5O3. The predicted octanol–water partition coefficient (Wildman–Crippen LogP) is 3.57. The van der Waals surface area contributed by atoms with Gasteiger partial charge in [-0.1, -0.05) is 11.6 Å². The van der Waals surface area contributed by atoms with Gasteiger partial charge in [0, 0.05) is 67.0 Å². The summed E-state index contributed by atoms with van der Waals surface area (Å²) in [5, 5.41) is 5.86. The summed E-state index contributed by atoms with van der Waals surface area (Å²) in [4.78, 5) is 21.4. The van der Waals surface area contributed by atoms with Crippen LogP contribution in [0, 0.1) is 0 Å². The van der Waals surface area contributed by atoms with Crippen LogP contribution in [0.4, 0.5) is 5.69 Å². The number of benzene rings is 2. The normalized spacial score (nSPS) is 14.5. The van der Waals surface area contributed by atoms with Crippen LogP contribution in [-0.2, 0) is 4.79 Å². The Bertz CT molecular complexity index is 1180. The highest BCUT2D eigenvalue weighted by molar-refractivity contribution is 6.31. The summed E-state index contributed by atoms with van der Waals surface area (Å²) in [6.07, 6.45) is 3.76. The van der Waals surface area contributed by atoms with Gasteiger partial charge in [0.25, 0.3) is 0 Å². The van der Waals surface area contributed by atoms with Crippen molar-refractivity contribution in [1.82, 2.24) is 15.3 Å². The van der Waals surface area contributed by atoms with Gasteiger partial charge in [-0.05, 0) is 42.5 Å². The minimum atomic E-state index is -0.127. The maximum atomic E-state index is 12.3. The second-order valence-corrected chi connectivity index (χ2v) is 8.41. The summed E-state index contributed by atoms with van der Waals surface area (Å²) < 4.78 is 10.5. The van der Waals surface area contributed by atoms with E-state index >= 15 is 0 Å². The van der Waals surface area contributed by atoms with Gasteiger partial charge in [-0.25, -0.2) is 5.43 Å². The Morgan fingerprint density at radius 3 is 2.71 bits per heavy atom. The second kappa shape index (κ2) is 11.2. The number of nitrogens with one attached hydrogen (secondary N) is 1. The second-order valence-electron chi connectivity index (χ2n) is 7.97. The lowest BCUT2D eigenvalue weighted by Crippen LogP contribution is -2.47. The van der Waals surface area contributed by atoms with Crippen LogP contribution < -0.4 is 19.8 Å². The molecule has 8 nitrogen and oxygen atoms in total. The highest BCUT2D eigenvalue weighted by atomic mass is 35.5. The van der Waals surface area contributed by atoms with Crippen LogP contribution in [0.3, 0.4) is 0 Å². The van der Waals surface area contributed by atoms with Crippen LogP contribution in [0.1, 0.15) is 12.0 Å². The van der Waals surface area contributed by atoms with Crippen molar-refractivity contribution in [3.63, 3.8) is 0 Å². The molecule has 1 aliphatic rings. The van der Waals surface area contributed by atoms with Crippen LogP contribution in [0.2, 0.25) is 5.02 Å². The Labute approximate surface area is 204 Å².